The van der Waals surface area contributed by atoms with Crippen LogP contribution in [0.4, 0.5) is 0 Å². The third kappa shape index (κ3) is 9.08. The third-order valence-corrected chi connectivity index (χ3v) is 0.183. The molecule has 0 aliphatic heterocycles. The van der Waals surface area contributed by atoms with Crippen molar-refractivity contribution in [2.45, 2.75) is 0 Å². The number of carboxylic acids is 2. The molecule has 6 heteroatoms. The summed E-state index contributed by atoms with van der Waals surface area (Å²) in [7, 11) is 0. The zero-order valence-corrected chi connectivity index (χ0v) is 5.76. The van der Waals surface area contributed by atoms with Crippen LogP contribution >= 0.6 is 0 Å². The van der Waals surface area contributed by atoms with E-state index in [4.69, 9.17) is 23.1 Å². The molecule has 0 amide bonds. The summed E-state index contributed by atoms with van der Waals surface area (Å²) in [6.07, 6.45) is 0. The maximum absolute atomic E-state index is 9.10. The Kier molecular flexibility index (Phi) is 8.47. The molecule has 0 atom stereocenters. The fraction of sp³-hybridized carbons (Fsp3) is 0. The molecule has 45 valence electrons. The third-order valence-electron chi connectivity index (χ3n) is 0.183. The molecule has 0 radical (unpaired) electrons. The average Bonchev–Trinajstić information content (AvgIpc) is 1.72. The molecule has 0 rings (SSSR count). The van der Waals surface area contributed by atoms with Crippen molar-refractivity contribution in [3.8, 4) is 0 Å². The Morgan fingerprint density at radius 2 is 1.12 bits per heavy atom. The first-order valence-electron chi connectivity index (χ1n) is 1.29. The van der Waals surface area contributed by atoms with Gasteiger partial charge in [0.25, 0.3) is 0 Å². The zero-order chi connectivity index (χ0) is 7.15. The molecule has 0 saturated carbocycles. The summed E-state index contributed by atoms with van der Waals surface area (Å²) in [6, 6.07) is 0. The molecule has 0 heterocycles. The fourth-order valence-corrected chi connectivity index (χ4v) is 0. The fourth-order valence-electron chi connectivity index (χ4n) is 0. The number of hydrogen-bond acceptors (Lipinski definition) is 3. The van der Waals surface area contributed by atoms with Gasteiger partial charge in [-0.3, -0.25) is 0 Å². The van der Waals surface area contributed by atoms with Crippen LogP contribution in [-0.2, 0) is 33.9 Å². The molecule has 0 aromatic heterocycles. The first kappa shape index (κ1) is 10.5. The topological polar surface area (TPSA) is 91.7 Å². The summed E-state index contributed by atoms with van der Waals surface area (Å²) in [5.41, 5.74) is 0. The van der Waals surface area contributed by atoms with Crippen LogP contribution in [0, 0.1) is 0 Å². The molecule has 8 heavy (non-hydrogen) atoms. The van der Waals surface area contributed by atoms with Crippen LogP contribution in [0.25, 0.3) is 0 Å². The maximum atomic E-state index is 9.10. The van der Waals surface area contributed by atoms with Crippen molar-refractivity contribution in [2.75, 3.05) is 0 Å². The predicted molar refractivity (Wildman–Crippen MR) is 16.0 cm³/mol. The van der Waals surface area contributed by atoms with Crippen molar-refractivity contribution >= 4 is 11.9 Å². The van der Waals surface area contributed by atoms with E-state index in [1.54, 1.807) is 0 Å². The number of carboxylic acid groups (broad SMARTS) is 2. The summed E-state index contributed by atoms with van der Waals surface area (Å²) in [6.45, 7) is 0. The van der Waals surface area contributed by atoms with Gasteiger partial charge in [0.15, 0.2) is 0 Å². The number of rotatable bonds is 0. The number of aliphatic carboxylic acids is 2. The van der Waals surface area contributed by atoms with E-state index in [0.717, 1.165) is 0 Å². The summed E-state index contributed by atoms with van der Waals surface area (Å²) in [4.78, 5) is 18.2. The van der Waals surface area contributed by atoms with E-state index in [-0.39, 0.29) is 0 Å². The second-order valence-electron chi connectivity index (χ2n) is 0.610. The summed E-state index contributed by atoms with van der Waals surface area (Å²) in [5.74, 6) is -3.65. The van der Waals surface area contributed by atoms with E-state index in [1.807, 2.05) is 0 Å². The van der Waals surface area contributed by atoms with Crippen LogP contribution in [0.2, 0.25) is 0 Å². The van der Waals surface area contributed by atoms with Crippen molar-refractivity contribution < 1.29 is 44.1 Å². The van der Waals surface area contributed by atoms with Crippen molar-refractivity contribution in [3.05, 3.63) is 0 Å². The summed E-state index contributed by atoms with van der Waals surface area (Å²) >= 11 is 0.500. The van der Waals surface area contributed by atoms with Crippen molar-refractivity contribution in [1.29, 1.82) is 0 Å². The van der Waals surface area contributed by atoms with Crippen molar-refractivity contribution in [3.63, 3.8) is 0 Å². The van der Waals surface area contributed by atoms with E-state index in [9.17, 15) is 0 Å². The van der Waals surface area contributed by atoms with Gasteiger partial charge in [0.05, 0.1) is 0 Å². The molecule has 0 aliphatic rings. The second kappa shape index (κ2) is 6.48. The molecule has 2 N–H and O–H groups in total. The quantitative estimate of drug-likeness (QED) is 0.387. The normalized spacial score (nSPS) is 5.88. The van der Waals surface area contributed by atoms with Crippen LogP contribution in [0.3, 0.4) is 0 Å². The van der Waals surface area contributed by atoms with Gasteiger partial charge in [0.1, 0.15) is 0 Å². The van der Waals surface area contributed by atoms with Gasteiger partial charge in [0, 0.05) is 0 Å². The van der Waals surface area contributed by atoms with Gasteiger partial charge in [-0.15, -0.1) is 0 Å². The van der Waals surface area contributed by atoms with Crippen LogP contribution in [0.1, 0.15) is 0 Å². The van der Waals surface area contributed by atoms with Gasteiger partial charge in [-0.25, -0.2) is 9.59 Å². The predicted octanol–water partition coefficient (Wildman–Crippen LogP) is -0.966. The van der Waals surface area contributed by atoms with Gasteiger partial charge >= 0.3 is 36.2 Å². The Morgan fingerprint density at radius 3 is 1.12 bits per heavy atom. The number of carbonyl (C=O) groups is 2. The Balaban J connectivity index is 0. The summed E-state index contributed by atoms with van der Waals surface area (Å²) < 4.78 is 8.30. The average molecular weight is 199 g/mol. The molecular weight excluding hydrogens is 197 g/mol. The molecule has 0 bridgehead atoms. The van der Waals surface area contributed by atoms with Gasteiger partial charge in [-0.2, -0.15) is 0 Å². The van der Waals surface area contributed by atoms with Crippen molar-refractivity contribution in [1.82, 2.24) is 0 Å². The Bertz CT molecular complexity index is 86.6. The summed E-state index contributed by atoms with van der Waals surface area (Å²) in [5, 5.41) is 14.8. The molecule has 0 saturated heterocycles. The van der Waals surface area contributed by atoms with Gasteiger partial charge in [0.2, 0.25) is 0 Å². The van der Waals surface area contributed by atoms with E-state index in [2.05, 4.69) is 0 Å². The molecule has 0 fully saturated rings. The first-order valence-corrected chi connectivity index (χ1v) is 2.19. The monoisotopic (exact) mass is 199 g/mol. The van der Waals surface area contributed by atoms with Crippen LogP contribution in [0.15, 0.2) is 0 Å². The minimum atomic E-state index is -1.82. The van der Waals surface area contributed by atoms with Gasteiger partial charge in [-0.05, 0) is 0 Å². The second-order valence-corrected chi connectivity index (χ2v) is 0.610. The van der Waals surface area contributed by atoms with E-state index in [1.165, 1.54) is 0 Å². The number of hydrogen-bond donors (Lipinski definition) is 2. The molecule has 0 spiro atoms. The van der Waals surface area contributed by atoms with Crippen LogP contribution in [-0.4, -0.2) is 22.2 Å². The first-order chi connectivity index (χ1) is 3.64. The molecule has 0 aliphatic carbocycles. The Labute approximate surface area is 56.6 Å². The van der Waals surface area contributed by atoms with Gasteiger partial charge in [-0.1, -0.05) is 0 Å². The van der Waals surface area contributed by atoms with Crippen LogP contribution in [0.5, 0.6) is 0 Å². The van der Waals surface area contributed by atoms with E-state index in [0.29, 0.717) is 21.0 Å². The van der Waals surface area contributed by atoms with E-state index >= 15 is 0 Å². The minimum absolute atomic E-state index is 0.500. The van der Waals surface area contributed by atoms with Gasteiger partial charge < -0.3 is 10.2 Å². The Hall–Kier alpha value is -0.520. The van der Waals surface area contributed by atoms with Crippen molar-refractivity contribution in [2.24, 2.45) is 0 Å². The zero-order valence-electron chi connectivity index (χ0n) is 3.57. The molecular formula is C2H2NbO5. The molecule has 0 aromatic rings. The van der Waals surface area contributed by atoms with E-state index < -0.39 is 11.9 Å². The SMILES string of the molecule is O=C(O)C(=O)O.[O]=[Nb]. The standard InChI is InChI=1S/C2H2O4.Nb.O/c3-1(4)2(5)6;;/h(H,3,4)(H,5,6);;. The molecule has 0 aromatic carbocycles. The van der Waals surface area contributed by atoms with Crippen LogP contribution < -0.4 is 0 Å². The molecule has 5 nitrogen and oxygen atoms in total. The molecule has 0 unspecified atom stereocenters. The Morgan fingerprint density at radius 1 is 1.00 bits per heavy atom.